The summed E-state index contributed by atoms with van der Waals surface area (Å²) in [5.41, 5.74) is 4.09. The number of rotatable bonds is 6. The lowest BCUT2D eigenvalue weighted by atomic mass is 9.97. The molecular weight excluding hydrogens is 404 g/mol. The predicted molar refractivity (Wildman–Crippen MR) is 125 cm³/mol. The molecule has 32 heavy (non-hydrogen) atoms. The summed E-state index contributed by atoms with van der Waals surface area (Å²) < 4.78 is 11.0. The van der Waals surface area contributed by atoms with Gasteiger partial charge in [-0.1, -0.05) is 29.8 Å². The highest BCUT2D eigenvalue weighted by molar-refractivity contribution is 6.03. The van der Waals surface area contributed by atoms with Gasteiger partial charge in [-0.25, -0.2) is 5.01 Å². The van der Waals surface area contributed by atoms with Crippen LogP contribution in [-0.2, 0) is 4.79 Å². The average Bonchev–Trinajstić information content (AvgIpc) is 3.26. The molecule has 1 amide bonds. The molecule has 0 bridgehead atoms. The molecule has 7 nitrogen and oxygen atoms in total. The minimum Gasteiger partial charge on any atom is -0.497 e. The Morgan fingerprint density at radius 1 is 1.03 bits per heavy atom. The zero-order chi connectivity index (χ0) is 22.7. The fourth-order valence-corrected chi connectivity index (χ4v) is 4.27. The topological polar surface area (TPSA) is 57.6 Å². The van der Waals surface area contributed by atoms with Crippen molar-refractivity contribution in [2.45, 2.75) is 19.4 Å². The molecule has 0 aromatic heterocycles. The van der Waals surface area contributed by atoms with Gasteiger partial charge in [0.15, 0.2) is 0 Å². The van der Waals surface area contributed by atoms with Crippen LogP contribution >= 0.6 is 0 Å². The molecule has 0 aliphatic carbocycles. The quantitative estimate of drug-likeness (QED) is 0.697. The molecule has 4 rings (SSSR count). The number of carbonyl (C=O) groups is 1. The minimum atomic E-state index is -0.216. The smallest absolute Gasteiger partial charge is 0.257 e. The molecule has 0 N–H and O–H groups in total. The molecule has 2 aliphatic heterocycles. The van der Waals surface area contributed by atoms with Crippen LogP contribution in [0.3, 0.4) is 0 Å². The Bertz CT molecular complexity index is 981. The second-order valence-electron chi connectivity index (χ2n) is 8.56. The zero-order valence-electron chi connectivity index (χ0n) is 19.4. The summed E-state index contributed by atoms with van der Waals surface area (Å²) in [6, 6.07) is 13.8. The molecule has 0 saturated carbocycles. The van der Waals surface area contributed by atoms with Gasteiger partial charge in [0, 0.05) is 44.2 Å². The van der Waals surface area contributed by atoms with E-state index in [-0.39, 0.29) is 11.9 Å². The summed E-state index contributed by atoms with van der Waals surface area (Å²) >= 11 is 0. The molecule has 2 aromatic carbocycles. The summed E-state index contributed by atoms with van der Waals surface area (Å²) in [7, 11) is 5.39. The van der Waals surface area contributed by atoms with E-state index in [1.807, 2.05) is 18.2 Å². The lowest BCUT2D eigenvalue weighted by Crippen LogP contribution is -2.48. The molecule has 0 spiro atoms. The summed E-state index contributed by atoms with van der Waals surface area (Å²) in [5, 5.41) is 6.49. The normalized spacial score (nSPS) is 19.7. The first-order valence-electron chi connectivity index (χ1n) is 11.1. The van der Waals surface area contributed by atoms with Gasteiger partial charge in [-0.15, -0.1) is 0 Å². The predicted octanol–water partition coefficient (Wildman–Crippen LogP) is 2.94. The van der Waals surface area contributed by atoms with Gasteiger partial charge >= 0.3 is 0 Å². The maximum absolute atomic E-state index is 13.4. The first-order chi connectivity index (χ1) is 15.5. The summed E-state index contributed by atoms with van der Waals surface area (Å²) in [6.45, 7) is 6.16. The van der Waals surface area contributed by atoms with Crippen molar-refractivity contribution in [3.05, 3.63) is 59.2 Å². The number of hydrogen-bond donors (Lipinski definition) is 0. The molecule has 1 atom stereocenters. The highest BCUT2D eigenvalue weighted by atomic mass is 16.5. The van der Waals surface area contributed by atoms with E-state index in [2.05, 4.69) is 48.0 Å². The second-order valence-corrected chi connectivity index (χ2v) is 8.56. The number of aryl methyl sites for hydroxylation is 1. The monoisotopic (exact) mass is 436 g/mol. The number of carbonyl (C=O) groups excluding carboxylic acids is 1. The SMILES string of the molecule is COc1ccc([C@H]2CC(c3ccc(C)cc3)=NN2C(=O)CN2CCN(C)CC2)c(OC)c1. The summed E-state index contributed by atoms with van der Waals surface area (Å²) in [6.07, 6.45) is 0.639. The van der Waals surface area contributed by atoms with Crippen LogP contribution in [0.25, 0.3) is 0 Å². The van der Waals surface area contributed by atoms with E-state index in [1.165, 1.54) is 5.56 Å². The largest absolute Gasteiger partial charge is 0.497 e. The highest BCUT2D eigenvalue weighted by Crippen LogP contribution is 2.39. The van der Waals surface area contributed by atoms with Crippen LogP contribution in [0.1, 0.15) is 29.2 Å². The Morgan fingerprint density at radius 2 is 1.75 bits per heavy atom. The lowest BCUT2D eigenvalue weighted by Gasteiger charge is -2.33. The summed E-state index contributed by atoms with van der Waals surface area (Å²) in [4.78, 5) is 17.9. The van der Waals surface area contributed by atoms with Gasteiger partial charge in [0.05, 0.1) is 32.5 Å². The van der Waals surface area contributed by atoms with Gasteiger partial charge in [0.1, 0.15) is 11.5 Å². The van der Waals surface area contributed by atoms with Crippen LogP contribution in [0.4, 0.5) is 0 Å². The van der Waals surface area contributed by atoms with Gasteiger partial charge in [0.2, 0.25) is 0 Å². The van der Waals surface area contributed by atoms with Gasteiger partial charge < -0.3 is 14.4 Å². The van der Waals surface area contributed by atoms with Crippen molar-refractivity contribution >= 4 is 11.6 Å². The molecule has 170 valence electrons. The van der Waals surface area contributed by atoms with E-state index in [0.29, 0.717) is 18.7 Å². The first kappa shape index (κ1) is 22.3. The maximum Gasteiger partial charge on any atom is 0.257 e. The van der Waals surface area contributed by atoms with Crippen LogP contribution in [-0.4, -0.2) is 80.4 Å². The van der Waals surface area contributed by atoms with Crippen LogP contribution in [0.5, 0.6) is 11.5 Å². The van der Waals surface area contributed by atoms with Crippen LogP contribution in [0, 0.1) is 6.92 Å². The van der Waals surface area contributed by atoms with Crippen LogP contribution < -0.4 is 9.47 Å². The number of methoxy groups -OCH3 is 2. The average molecular weight is 437 g/mol. The molecule has 2 aromatic rings. The van der Waals surface area contributed by atoms with Crippen molar-refractivity contribution in [2.75, 3.05) is 54.0 Å². The zero-order valence-corrected chi connectivity index (χ0v) is 19.4. The van der Waals surface area contributed by atoms with Crippen molar-refractivity contribution in [1.29, 1.82) is 0 Å². The lowest BCUT2D eigenvalue weighted by molar-refractivity contribution is -0.134. The number of hydrazone groups is 1. The third-order valence-electron chi connectivity index (χ3n) is 6.31. The molecule has 7 heteroatoms. The number of likely N-dealkylation sites (N-methyl/N-ethyl adjacent to an activating group) is 1. The Balaban J connectivity index is 1.63. The molecule has 0 radical (unpaired) electrons. The first-order valence-corrected chi connectivity index (χ1v) is 11.1. The minimum absolute atomic E-state index is 0.0135. The van der Waals surface area contributed by atoms with E-state index in [9.17, 15) is 4.79 Å². The van der Waals surface area contributed by atoms with Gasteiger partial charge in [-0.3, -0.25) is 9.69 Å². The molecule has 1 fully saturated rings. The van der Waals surface area contributed by atoms with Gasteiger partial charge in [-0.05, 0) is 31.7 Å². The number of benzene rings is 2. The second kappa shape index (κ2) is 9.71. The number of ether oxygens (including phenoxy) is 2. The van der Waals surface area contributed by atoms with Crippen molar-refractivity contribution < 1.29 is 14.3 Å². The van der Waals surface area contributed by atoms with E-state index in [0.717, 1.165) is 48.8 Å². The van der Waals surface area contributed by atoms with Crippen molar-refractivity contribution in [1.82, 2.24) is 14.8 Å². The fraction of sp³-hybridized carbons (Fsp3) is 0.440. The van der Waals surface area contributed by atoms with Crippen LogP contribution in [0.15, 0.2) is 47.6 Å². The molecule has 0 unspecified atom stereocenters. The molecule has 2 heterocycles. The third-order valence-corrected chi connectivity index (χ3v) is 6.31. The standard InChI is InChI=1S/C25H32N4O3/c1-18-5-7-19(8-6-18)22-16-23(21-10-9-20(31-3)15-24(21)32-4)29(26-22)25(30)17-28-13-11-27(2)12-14-28/h5-10,15,23H,11-14,16-17H2,1-4H3/t23-/m1/s1. The maximum atomic E-state index is 13.4. The van der Waals surface area contributed by atoms with Crippen molar-refractivity contribution in [2.24, 2.45) is 5.10 Å². The Kier molecular flexibility index (Phi) is 6.77. The van der Waals surface area contributed by atoms with E-state index >= 15 is 0 Å². The van der Waals surface area contributed by atoms with Gasteiger partial charge in [-0.2, -0.15) is 5.10 Å². The van der Waals surface area contributed by atoms with Crippen molar-refractivity contribution in [3.63, 3.8) is 0 Å². The number of piperazine rings is 1. The third kappa shape index (κ3) is 4.79. The number of hydrogen-bond acceptors (Lipinski definition) is 6. The molecule has 1 saturated heterocycles. The summed E-state index contributed by atoms with van der Waals surface area (Å²) in [5.74, 6) is 1.44. The Labute approximate surface area is 190 Å². The van der Waals surface area contributed by atoms with Gasteiger partial charge in [0.25, 0.3) is 5.91 Å². The molecule has 2 aliphatic rings. The Morgan fingerprint density at radius 3 is 2.41 bits per heavy atom. The highest BCUT2D eigenvalue weighted by Gasteiger charge is 2.35. The van der Waals surface area contributed by atoms with Crippen LogP contribution in [0.2, 0.25) is 0 Å². The Hall–Kier alpha value is -2.90. The van der Waals surface area contributed by atoms with Crippen molar-refractivity contribution in [3.8, 4) is 11.5 Å². The molecular formula is C25H32N4O3. The number of amides is 1. The fourth-order valence-electron chi connectivity index (χ4n) is 4.27. The number of nitrogens with zero attached hydrogens (tertiary/aromatic N) is 4. The van der Waals surface area contributed by atoms with E-state index in [4.69, 9.17) is 14.6 Å². The van der Waals surface area contributed by atoms with E-state index < -0.39 is 0 Å². The van der Waals surface area contributed by atoms with E-state index in [1.54, 1.807) is 19.2 Å².